The minimum Gasteiger partial charge on any atom is -0.379 e. The van der Waals surface area contributed by atoms with Gasteiger partial charge in [0.25, 0.3) is 5.69 Å². The fraction of sp³-hybridized carbons (Fsp3) is 0.143. The van der Waals surface area contributed by atoms with E-state index in [-0.39, 0.29) is 23.1 Å². The van der Waals surface area contributed by atoms with Crippen LogP contribution in [0.15, 0.2) is 36.4 Å². The summed E-state index contributed by atoms with van der Waals surface area (Å²) in [5, 5.41) is 13.4. The molecule has 0 aliphatic carbocycles. The van der Waals surface area contributed by atoms with E-state index in [0.29, 0.717) is 12.0 Å². The fourth-order valence-corrected chi connectivity index (χ4v) is 2.03. The average molecular weight is 313 g/mol. The molecule has 0 aliphatic rings. The fourth-order valence-electron chi connectivity index (χ4n) is 1.86. The van der Waals surface area contributed by atoms with Crippen LogP contribution in [0.5, 0.6) is 0 Å². The number of nitrogens with zero attached hydrogens (tertiary/aromatic N) is 1. The standard InChI is InChI=1S/C14H11ClF2N2O2/c15-10-7-13(14(19(20)21)8-12(10)17)18-6-5-9-3-1-2-4-11(9)16/h1-4,7-8,18H,5-6H2. The highest BCUT2D eigenvalue weighted by molar-refractivity contribution is 6.31. The number of hydrogen-bond acceptors (Lipinski definition) is 3. The molecule has 110 valence electrons. The molecule has 0 amide bonds. The van der Waals surface area contributed by atoms with Crippen molar-refractivity contribution in [2.45, 2.75) is 6.42 Å². The summed E-state index contributed by atoms with van der Waals surface area (Å²) in [6.45, 7) is 0.254. The molecule has 0 aliphatic heterocycles. The zero-order valence-corrected chi connectivity index (χ0v) is 11.5. The molecule has 0 saturated heterocycles. The molecule has 0 atom stereocenters. The monoisotopic (exact) mass is 312 g/mol. The SMILES string of the molecule is O=[N+]([O-])c1cc(F)c(Cl)cc1NCCc1ccccc1F. The molecule has 0 bridgehead atoms. The van der Waals surface area contributed by atoms with Gasteiger partial charge in [0.2, 0.25) is 0 Å². The average Bonchev–Trinajstić information content (AvgIpc) is 2.44. The molecule has 21 heavy (non-hydrogen) atoms. The van der Waals surface area contributed by atoms with Gasteiger partial charge < -0.3 is 5.32 Å². The van der Waals surface area contributed by atoms with Gasteiger partial charge in [0, 0.05) is 6.54 Å². The molecule has 2 aromatic rings. The Morgan fingerprint density at radius 1 is 1.19 bits per heavy atom. The third kappa shape index (κ3) is 3.66. The normalized spacial score (nSPS) is 10.4. The molecule has 1 N–H and O–H groups in total. The summed E-state index contributed by atoms with van der Waals surface area (Å²) in [7, 11) is 0. The van der Waals surface area contributed by atoms with Crippen LogP contribution < -0.4 is 5.32 Å². The minimum atomic E-state index is -0.858. The summed E-state index contributed by atoms with van der Waals surface area (Å²) >= 11 is 5.61. The van der Waals surface area contributed by atoms with E-state index in [2.05, 4.69) is 5.32 Å². The van der Waals surface area contributed by atoms with Crippen molar-refractivity contribution >= 4 is 23.0 Å². The van der Waals surface area contributed by atoms with Crippen molar-refractivity contribution in [3.63, 3.8) is 0 Å². The van der Waals surface area contributed by atoms with Crippen LogP contribution in [0.2, 0.25) is 5.02 Å². The number of nitro benzene ring substituents is 1. The van der Waals surface area contributed by atoms with Crippen LogP contribution in [0.4, 0.5) is 20.2 Å². The Morgan fingerprint density at radius 3 is 2.57 bits per heavy atom. The number of nitrogens with one attached hydrogen (secondary N) is 1. The molecule has 0 spiro atoms. The minimum absolute atomic E-state index is 0.0998. The van der Waals surface area contributed by atoms with Crippen LogP contribution in [0.3, 0.4) is 0 Å². The highest BCUT2D eigenvalue weighted by atomic mass is 35.5. The Bertz CT molecular complexity index is 680. The van der Waals surface area contributed by atoms with Gasteiger partial charge in [-0.2, -0.15) is 0 Å². The van der Waals surface area contributed by atoms with E-state index in [1.54, 1.807) is 18.2 Å². The Kier molecular flexibility index (Phi) is 4.70. The van der Waals surface area contributed by atoms with Gasteiger partial charge in [-0.1, -0.05) is 29.8 Å². The maximum atomic E-state index is 13.4. The van der Waals surface area contributed by atoms with Crippen molar-refractivity contribution in [1.29, 1.82) is 0 Å². The highest BCUT2D eigenvalue weighted by Gasteiger charge is 2.17. The number of nitro groups is 1. The maximum absolute atomic E-state index is 13.4. The third-order valence-electron chi connectivity index (χ3n) is 2.90. The van der Waals surface area contributed by atoms with E-state index in [9.17, 15) is 18.9 Å². The van der Waals surface area contributed by atoms with Crippen molar-refractivity contribution in [2.24, 2.45) is 0 Å². The summed E-state index contributed by atoms with van der Waals surface area (Å²) < 4.78 is 26.7. The second-order valence-corrected chi connectivity index (χ2v) is 4.72. The molecule has 0 saturated carbocycles. The highest BCUT2D eigenvalue weighted by Crippen LogP contribution is 2.30. The number of anilines is 1. The number of halogens is 3. The summed E-state index contributed by atoms with van der Waals surface area (Å²) in [6, 6.07) is 8.16. The van der Waals surface area contributed by atoms with Crippen molar-refractivity contribution < 1.29 is 13.7 Å². The summed E-state index contributed by atoms with van der Waals surface area (Å²) in [5.74, 6) is -1.20. The first-order chi connectivity index (χ1) is 9.99. The van der Waals surface area contributed by atoms with Gasteiger partial charge in [-0.3, -0.25) is 10.1 Å². The lowest BCUT2D eigenvalue weighted by Crippen LogP contribution is -2.08. The molecule has 4 nitrogen and oxygen atoms in total. The molecule has 0 aromatic heterocycles. The van der Waals surface area contributed by atoms with Crippen LogP contribution in [0.25, 0.3) is 0 Å². The predicted molar refractivity (Wildman–Crippen MR) is 76.7 cm³/mol. The van der Waals surface area contributed by atoms with Crippen molar-refractivity contribution in [2.75, 3.05) is 11.9 Å². The van der Waals surface area contributed by atoms with Gasteiger partial charge >= 0.3 is 0 Å². The molecule has 7 heteroatoms. The first kappa shape index (κ1) is 15.2. The van der Waals surface area contributed by atoms with Gasteiger partial charge in [0.1, 0.15) is 17.3 Å². The van der Waals surface area contributed by atoms with Gasteiger partial charge in [0.05, 0.1) is 16.0 Å². The zero-order valence-electron chi connectivity index (χ0n) is 10.8. The molecule has 0 unspecified atom stereocenters. The Morgan fingerprint density at radius 2 is 1.90 bits per heavy atom. The second kappa shape index (κ2) is 6.49. The second-order valence-electron chi connectivity index (χ2n) is 4.31. The quantitative estimate of drug-likeness (QED) is 0.665. The van der Waals surface area contributed by atoms with Gasteiger partial charge in [-0.25, -0.2) is 8.78 Å². The lowest BCUT2D eigenvalue weighted by molar-refractivity contribution is -0.384. The molecule has 0 radical (unpaired) electrons. The Balaban J connectivity index is 2.11. The zero-order chi connectivity index (χ0) is 15.4. The van der Waals surface area contributed by atoms with Crippen LogP contribution in [-0.4, -0.2) is 11.5 Å². The summed E-state index contributed by atoms with van der Waals surface area (Å²) in [5.41, 5.74) is 0.175. The number of benzene rings is 2. The molecule has 2 rings (SSSR count). The largest absolute Gasteiger partial charge is 0.379 e. The van der Waals surface area contributed by atoms with Gasteiger partial charge in [0.15, 0.2) is 0 Å². The topological polar surface area (TPSA) is 55.2 Å². The van der Waals surface area contributed by atoms with Gasteiger partial charge in [-0.15, -0.1) is 0 Å². The van der Waals surface area contributed by atoms with Crippen molar-refractivity contribution in [3.8, 4) is 0 Å². The Labute approximate surface area is 124 Å². The first-order valence-electron chi connectivity index (χ1n) is 6.09. The van der Waals surface area contributed by atoms with Crippen LogP contribution >= 0.6 is 11.6 Å². The van der Waals surface area contributed by atoms with E-state index >= 15 is 0 Å². The summed E-state index contributed by atoms with van der Waals surface area (Å²) in [4.78, 5) is 10.2. The van der Waals surface area contributed by atoms with E-state index in [1.165, 1.54) is 6.07 Å². The maximum Gasteiger partial charge on any atom is 0.295 e. The molecular weight excluding hydrogens is 302 g/mol. The summed E-state index contributed by atoms with van der Waals surface area (Å²) in [6.07, 6.45) is 0.332. The van der Waals surface area contributed by atoms with Crippen molar-refractivity contribution in [1.82, 2.24) is 0 Å². The Hall–Kier alpha value is -2.21. The van der Waals surface area contributed by atoms with Crippen LogP contribution in [0, 0.1) is 21.7 Å². The first-order valence-corrected chi connectivity index (χ1v) is 6.47. The number of hydrogen-bond donors (Lipinski definition) is 1. The molecule has 2 aromatic carbocycles. The third-order valence-corrected chi connectivity index (χ3v) is 3.19. The predicted octanol–water partition coefficient (Wildman–Crippen LogP) is 4.18. The van der Waals surface area contributed by atoms with Crippen LogP contribution in [-0.2, 0) is 6.42 Å². The van der Waals surface area contributed by atoms with Crippen LogP contribution in [0.1, 0.15) is 5.56 Å². The van der Waals surface area contributed by atoms with E-state index in [4.69, 9.17) is 11.6 Å². The van der Waals surface area contributed by atoms with E-state index < -0.39 is 16.4 Å². The van der Waals surface area contributed by atoms with E-state index in [0.717, 1.165) is 12.1 Å². The molecule has 0 heterocycles. The molecular formula is C14H11ClF2N2O2. The van der Waals surface area contributed by atoms with Gasteiger partial charge in [-0.05, 0) is 24.1 Å². The van der Waals surface area contributed by atoms with Crippen molar-refractivity contribution in [3.05, 3.63) is 68.7 Å². The van der Waals surface area contributed by atoms with E-state index in [1.807, 2.05) is 0 Å². The number of rotatable bonds is 5. The lowest BCUT2D eigenvalue weighted by atomic mass is 10.1. The lowest BCUT2D eigenvalue weighted by Gasteiger charge is -2.08. The molecule has 0 fully saturated rings. The smallest absolute Gasteiger partial charge is 0.295 e.